The number of hydrogen-bond acceptors (Lipinski definition) is 2. The lowest BCUT2D eigenvalue weighted by Crippen LogP contribution is -2.20. The maximum Gasteiger partial charge on any atom is 0.0851 e. The van der Waals surface area contributed by atoms with Gasteiger partial charge in [-0.2, -0.15) is 0 Å². The summed E-state index contributed by atoms with van der Waals surface area (Å²) in [7, 11) is 0. The van der Waals surface area contributed by atoms with Crippen LogP contribution in [-0.2, 0) is 0 Å². The van der Waals surface area contributed by atoms with Gasteiger partial charge in [-0.3, -0.25) is 4.99 Å². The Morgan fingerprint density at radius 3 is 1.83 bits per heavy atom. The van der Waals surface area contributed by atoms with Gasteiger partial charge in [0.15, 0.2) is 0 Å². The molecule has 0 N–H and O–H groups in total. The van der Waals surface area contributed by atoms with E-state index in [1.54, 1.807) is 0 Å². The average Bonchev–Trinajstić information content (AvgIpc) is 3.11. The quantitative estimate of drug-likeness (QED) is 0.212. The Bertz CT molecular complexity index is 309. The first-order valence-electron chi connectivity index (χ1n) is 10.8. The molecule has 2 heteroatoms. The van der Waals surface area contributed by atoms with E-state index in [1.807, 2.05) is 6.34 Å². The molecule has 0 bridgehead atoms. The normalized spacial score (nSPS) is 14.3. The summed E-state index contributed by atoms with van der Waals surface area (Å²) in [6.07, 6.45) is 27.7. The van der Waals surface area contributed by atoms with Crippen molar-refractivity contribution in [1.82, 2.24) is 4.90 Å². The second-order valence-corrected chi connectivity index (χ2v) is 7.35. The molecule has 0 radical (unpaired) electrons. The zero-order valence-corrected chi connectivity index (χ0v) is 16.4. The third kappa shape index (κ3) is 13.6. The third-order valence-corrected chi connectivity index (χ3v) is 4.97. The van der Waals surface area contributed by atoms with Gasteiger partial charge >= 0.3 is 0 Å². The summed E-state index contributed by atoms with van der Waals surface area (Å²) in [5.41, 5.74) is 0. The molecule has 0 atom stereocenters. The van der Waals surface area contributed by atoms with Gasteiger partial charge in [0.05, 0.1) is 12.9 Å². The van der Waals surface area contributed by atoms with Crippen molar-refractivity contribution in [3.8, 4) is 0 Å². The summed E-state index contributed by atoms with van der Waals surface area (Å²) in [5.74, 6) is 0. The minimum atomic E-state index is 1.01. The molecule has 24 heavy (non-hydrogen) atoms. The fourth-order valence-corrected chi connectivity index (χ4v) is 3.33. The van der Waals surface area contributed by atoms with Crippen LogP contribution in [0.15, 0.2) is 17.1 Å². The number of nitrogens with zero attached hydrogens (tertiary/aromatic N) is 2. The molecule has 0 spiro atoms. The maximum atomic E-state index is 4.26. The fraction of sp³-hybridized carbons (Fsp3) is 0.864. The molecule has 0 unspecified atom stereocenters. The lowest BCUT2D eigenvalue weighted by Gasteiger charge is -2.12. The Hall–Kier alpha value is -0.790. The number of hydrogen-bond donors (Lipinski definition) is 0. The summed E-state index contributed by atoms with van der Waals surface area (Å²) in [6, 6.07) is 0. The molecule has 0 saturated carbocycles. The molecule has 0 aromatic rings. The van der Waals surface area contributed by atoms with Gasteiger partial charge in [-0.1, -0.05) is 83.3 Å². The predicted octanol–water partition coefficient (Wildman–Crippen LogP) is 6.76. The van der Waals surface area contributed by atoms with E-state index in [4.69, 9.17) is 0 Å². The van der Waals surface area contributed by atoms with Crippen molar-refractivity contribution >= 4 is 6.34 Å². The first-order valence-corrected chi connectivity index (χ1v) is 10.8. The van der Waals surface area contributed by atoms with Crippen LogP contribution in [0.4, 0.5) is 0 Å². The van der Waals surface area contributed by atoms with E-state index in [-0.39, 0.29) is 0 Å². The molecule has 2 nitrogen and oxygen atoms in total. The minimum absolute atomic E-state index is 1.01. The Kier molecular flexibility index (Phi) is 15.1. The zero-order valence-electron chi connectivity index (χ0n) is 16.4. The van der Waals surface area contributed by atoms with E-state index >= 15 is 0 Å². The monoisotopic (exact) mass is 334 g/mol. The maximum absolute atomic E-state index is 4.26. The first-order chi connectivity index (χ1) is 11.9. The molecule has 0 aromatic carbocycles. The van der Waals surface area contributed by atoms with Crippen LogP contribution in [-0.4, -0.2) is 30.9 Å². The van der Waals surface area contributed by atoms with Gasteiger partial charge in [-0.15, -0.1) is 0 Å². The van der Waals surface area contributed by atoms with Crippen molar-refractivity contribution in [2.24, 2.45) is 4.99 Å². The van der Waals surface area contributed by atoms with Gasteiger partial charge in [0, 0.05) is 13.1 Å². The smallest absolute Gasteiger partial charge is 0.0851 e. The van der Waals surface area contributed by atoms with Gasteiger partial charge in [-0.05, 0) is 32.1 Å². The van der Waals surface area contributed by atoms with Crippen molar-refractivity contribution < 1.29 is 0 Å². The Morgan fingerprint density at radius 1 is 0.750 bits per heavy atom. The second kappa shape index (κ2) is 17.0. The van der Waals surface area contributed by atoms with Crippen molar-refractivity contribution in [2.45, 2.75) is 103 Å². The Balaban J connectivity index is 1.69. The topological polar surface area (TPSA) is 15.6 Å². The molecule has 140 valence electrons. The lowest BCUT2D eigenvalue weighted by atomic mass is 10.1. The van der Waals surface area contributed by atoms with Crippen LogP contribution in [0.5, 0.6) is 0 Å². The average molecular weight is 335 g/mol. The van der Waals surface area contributed by atoms with Crippen LogP contribution in [0.3, 0.4) is 0 Å². The van der Waals surface area contributed by atoms with Gasteiger partial charge in [0.1, 0.15) is 0 Å². The SMILES string of the molecule is CCCCCCCC/C=C\CCCCCCCCCN1C=NCC1. The number of rotatable bonds is 17. The number of unbranched alkanes of at least 4 members (excludes halogenated alkanes) is 13. The largest absolute Gasteiger partial charge is 0.361 e. The van der Waals surface area contributed by atoms with E-state index in [2.05, 4.69) is 29.0 Å². The molecule has 0 amide bonds. The third-order valence-electron chi connectivity index (χ3n) is 4.97. The minimum Gasteiger partial charge on any atom is -0.361 e. The zero-order chi connectivity index (χ0) is 17.1. The van der Waals surface area contributed by atoms with Crippen LogP contribution in [0.2, 0.25) is 0 Å². The summed E-state index contributed by atoms with van der Waals surface area (Å²) < 4.78 is 0. The molecular formula is C22H42N2. The molecule has 0 saturated heterocycles. The second-order valence-electron chi connectivity index (χ2n) is 7.35. The first kappa shape index (κ1) is 21.3. The summed E-state index contributed by atoms with van der Waals surface area (Å²) in [4.78, 5) is 6.61. The highest BCUT2D eigenvalue weighted by molar-refractivity contribution is 5.56. The van der Waals surface area contributed by atoms with Crippen LogP contribution in [0.1, 0.15) is 103 Å². The van der Waals surface area contributed by atoms with E-state index in [9.17, 15) is 0 Å². The van der Waals surface area contributed by atoms with E-state index in [1.165, 1.54) is 103 Å². The van der Waals surface area contributed by atoms with Crippen LogP contribution < -0.4 is 0 Å². The lowest BCUT2D eigenvalue weighted by molar-refractivity contribution is 0.439. The van der Waals surface area contributed by atoms with Crippen molar-refractivity contribution in [3.63, 3.8) is 0 Å². The molecule has 0 aliphatic carbocycles. The van der Waals surface area contributed by atoms with Crippen molar-refractivity contribution in [2.75, 3.05) is 19.6 Å². The standard InChI is InChI=1S/C22H42N2/c1-2-3-4-5-6-7-8-9-10-11-12-13-14-15-16-17-18-20-24-21-19-23-22-24/h9-10,22H,2-8,11-21H2,1H3/b10-9-. The fourth-order valence-electron chi connectivity index (χ4n) is 3.33. The molecular weight excluding hydrogens is 292 g/mol. The van der Waals surface area contributed by atoms with Crippen molar-refractivity contribution in [3.05, 3.63) is 12.2 Å². The molecule has 1 aliphatic rings. The van der Waals surface area contributed by atoms with Gasteiger partial charge < -0.3 is 4.90 Å². The van der Waals surface area contributed by atoms with Gasteiger partial charge in [0.2, 0.25) is 0 Å². The highest BCUT2D eigenvalue weighted by Crippen LogP contribution is 2.11. The molecule has 0 aromatic heterocycles. The highest BCUT2D eigenvalue weighted by atomic mass is 15.2. The summed E-state index contributed by atoms with van der Waals surface area (Å²) in [6.45, 7) is 5.65. The van der Waals surface area contributed by atoms with Crippen LogP contribution in [0, 0.1) is 0 Å². The molecule has 1 rings (SSSR count). The van der Waals surface area contributed by atoms with Crippen LogP contribution in [0.25, 0.3) is 0 Å². The molecule has 0 fully saturated rings. The summed E-state index contributed by atoms with van der Waals surface area (Å²) >= 11 is 0. The van der Waals surface area contributed by atoms with Gasteiger partial charge in [0.25, 0.3) is 0 Å². The summed E-state index contributed by atoms with van der Waals surface area (Å²) in [5, 5.41) is 0. The molecule has 1 aliphatic heterocycles. The van der Waals surface area contributed by atoms with Crippen molar-refractivity contribution in [1.29, 1.82) is 0 Å². The Morgan fingerprint density at radius 2 is 1.29 bits per heavy atom. The number of allylic oxidation sites excluding steroid dienone is 2. The highest BCUT2D eigenvalue weighted by Gasteiger charge is 2.03. The number of aliphatic imine (C=N–C) groups is 1. The van der Waals surface area contributed by atoms with E-state index in [0.29, 0.717) is 0 Å². The predicted molar refractivity (Wildman–Crippen MR) is 109 cm³/mol. The Labute approximate surface area is 151 Å². The van der Waals surface area contributed by atoms with Gasteiger partial charge in [-0.25, -0.2) is 0 Å². The van der Waals surface area contributed by atoms with E-state index < -0.39 is 0 Å². The van der Waals surface area contributed by atoms with E-state index in [0.717, 1.165) is 13.1 Å². The van der Waals surface area contributed by atoms with Crippen LogP contribution >= 0.6 is 0 Å². The molecule has 1 heterocycles.